The van der Waals surface area contributed by atoms with Crippen molar-refractivity contribution in [3.8, 4) is 0 Å². The topological polar surface area (TPSA) is 42.2 Å². The quantitative estimate of drug-likeness (QED) is 0.906. The number of benzene rings is 1. The van der Waals surface area contributed by atoms with Crippen LogP contribution >= 0.6 is 11.8 Å². The molecule has 0 saturated carbocycles. The molecule has 1 aromatic carbocycles. The highest BCUT2D eigenvalue weighted by atomic mass is 32.2. The van der Waals surface area contributed by atoms with Crippen LogP contribution in [0.25, 0.3) is 11.0 Å². The third kappa shape index (κ3) is 2.82. The molecule has 0 fully saturated rings. The number of carbonyl (C=O) groups is 1. The van der Waals surface area contributed by atoms with Crippen LogP contribution in [-0.4, -0.2) is 17.4 Å². The van der Waals surface area contributed by atoms with Crippen LogP contribution in [0.3, 0.4) is 0 Å². The summed E-state index contributed by atoms with van der Waals surface area (Å²) in [7, 11) is 0. The maximum atomic E-state index is 11.6. The van der Waals surface area contributed by atoms with Crippen molar-refractivity contribution in [2.75, 3.05) is 6.26 Å². The van der Waals surface area contributed by atoms with Crippen LogP contribution < -0.4 is 5.32 Å². The van der Waals surface area contributed by atoms with Gasteiger partial charge in [0.2, 0.25) is 5.91 Å². The van der Waals surface area contributed by atoms with E-state index in [2.05, 4.69) is 5.32 Å². The first-order valence-corrected chi connectivity index (χ1v) is 6.77. The molecule has 1 aromatic heterocycles. The molecule has 1 amide bonds. The SMILES string of the molecule is CSC(C)C(=O)NCc1cc2ccccc2o1. The molecular formula is C13H15NO2S. The fraction of sp³-hybridized carbons (Fsp3) is 0.308. The summed E-state index contributed by atoms with van der Waals surface area (Å²) in [5.41, 5.74) is 0.856. The number of furan rings is 1. The summed E-state index contributed by atoms with van der Waals surface area (Å²) < 4.78 is 5.61. The van der Waals surface area contributed by atoms with E-state index < -0.39 is 0 Å². The van der Waals surface area contributed by atoms with Crippen molar-refractivity contribution in [2.45, 2.75) is 18.7 Å². The average molecular weight is 249 g/mol. The Balaban J connectivity index is 2.02. The van der Waals surface area contributed by atoms with Crippen molar-refractivity contribution in [1.29, 1.82) is 0 Å². The molecule has 0 aliphatic heterocycles. The van der Waals surface area contributed by atoms with Gasteiger partial charge in [-0.3, -0.25) is 4.79 Å². The summed E-state index contributed by atoms with van der Waals surface area (Å²) in [6.45, 7) is 2.33. The van der Waals surface area contributed by atoms with Crippen LogP contribution in [0.1, 0.15) is 12.7 Å². The Morgan fingerprint density at radius 1 is 1.47 bits per heavy atom. The van der Waals surface area contributed by atoms with Gasteiger partial charge in [0.05, 0.1) is 11.8 Å². The van der Waals surface area contributed by atoms with Gasteiger partial charge in [-0.25, -0.2) is 0 Å². The Morgan fingerprint density at radius 3 is 2.94 bits per heavy atom. The number of amides is 1. The van der Waals surface area contributed by atoms with Gasteiger partial charge in [-0.2, -0.15) is 11.8 Å². The van der Waals surface area contributed by atoms with Crippen molar-refractivity contribution in [2.24, 2.45) is 0 Å². The summed E-state index contributed by atoms with van der Waals surface area (Å²) in [6.07, 6.45) is 1.92. The maximum absolute atomic E-state index is 11.6. The van der Waals surface area contributed by atoms with E-state index in [1.165, 1.54) is 11.8 Å². The lowest BCUT2D eigenvalue weighted by molar-refractivity contribution is -0.120. The van der Waals surface area contributed by atoms with E-state index in [0.717, 1.165) is 16.7 Å². The summed E-state index contributed by atoms with van der Waals surface area (Å²) in [6, 6.07) is 9.78. The zero-order valence-corrected chi connectivity index (χ0v) is 10.7. The van der Waals surface area contributed by atoms with E-state index >= 15 is 0 Å². The molecular weight excluding hydrogens is 234 g/mol. The molecule has 2 aromatic rings. The molecule has 0 aliphatic carbocycles. The van der Waals surface area contributed by atoms with Crippen LogP contribution in [0.5, 0.6) is 0 Å². The fourth-order valence-electron chi connectivity index (χ4n) is 1.55. The van der Waals surface area contributed by atoms with Gasteiger partial charge in [-0.05, 0) is 25.3 Å². The Bertz CT molecular complexity index is 488. The van der Waals surface area contributed by atoms with Crippen molar-refractivity contribution in [3.05, 3.63) is 36.1 Å². The minimum atomic E-state index is -0.0284. The fourth-order valence-corrected chi connectivity index (χ4v) is 1.85. The first kappa shape index (κ1) is 12.0. The summed E-state index contributed by atoms with van der Waals surface area (Å²) in [4.78, 5) is 11.6. The third-order valence-electron chi connectivity index (χ3n) is 2.64. The molecule has 2 rings (SSSR count). The van der Waals surface area contributed by atoms with E-state index in [9.17, 15) is 4.79 Å². The van der Waals surface area contributed by atoms with Gasteiger partial charge < -0.3 is 9.73 Å². The lowest BCUT2D eigenvalue weighted by Crippen LogP contribution is -2.30. The molecule has 0 bridgehead atoms. The first-order valence-electron chi connectivity index (χ1n) is 5.48. The number of hydrogen-bond acceptors (Lipinski definition) is 3. The minimum Gasteiger partial charge on any atom is -0.459 e. The van der Waals surface area contributed by atoms with Crippen LogP contribution in [0.2, 0.25) is 0 Å². The third-order valence-corrected chi connectivity index (χ3v) is 3.56. The maximum Gasteiger partial charge on any atom is 0.233 e. The van der Waals surface area contributed by atoms with Crippen molar-refractivity contribution >= 4 is 28.6 Å². The molecule has 0 saturated heterocycles. The van der Waals surface area contributed by atoms with Gasteiger partial charge in [0.1, 0.15) is 11.3 Å². The van der Waals surface area contributed by atoms with E-state index in [0.29, 0.717) is 6.54 Å². The Hall–Kier alpha value is -1.42. The first-order chi connectivity index (χ1) is 8.20. The molecule has 1 unspecified atom stereocenters. The highest BCUT2D eigenvalue weighted by Gasteiger charge is 2.11. The van der Waals surface area contributed by atoms with Gasteiger partial charge in [0.25, 0.3) is 0 Å². The average Bonchev–Trinajstić information content (AvgIpc) is 2.77. The molecule has 3 nitrogen and oxygen atoms in total. The predicted molar refractivity (Wildman–Crippen MR) is 71.0 cm³/mol. The number of fused-ring (bicyclic) bond motifs is 1. The summed E-state index contributed by atoms with van der Waals surface area (Å²) >= 11 is 1.53. The van der Waals surface area contributed by atoms with E-state index in [-0.39, 0.29) is 11.2 Å². The van der Waals surface area contributed by atoms with Crippen molar-refractivity contribution in [3.63, 3.8) is 0 Å². The number of thioether (sulfide) groups is 1. The molecule has 1 atom stereocenters. The second-order valence-electron chi connectivity index (χ2n) is 3.85. The predicted octanol–water partition coefficient (Wildman–Crippen LogP) is 2.80. The van der Waals surface area contributed by atoms with E-state index in [4.69, 9.17) is 4.42 Å². The molecule has 0 radical (unpaired) electrons. The van der Waals surface area contributed by atoms with Gasteiger partial charge in [0.15, 0.2) is 0 Å². The van der Waals surface area contributed by atoms with Gasteiger partial charge in [-0.1, -0.05) is 18.2 Å². The van der Waals surface area contributed by atoms with Crippen LogP contribution in [0, 0.1) is 0 Å². The minimum absolute atomic E-state index is 0.0284. The zero-order chi connectivity index (χ0) is 12.3. The van der Waals surface area contributed by atoms with Gasteiger partial charge >= 0.3 is 0 Å². The number of carbonyl (C=O) groups excluding carboxylic acids is 1. The molecule has 4 heteroatoms. The lowest BCUT2D eigenvalue weighted by atomic mass is 10.2. The van der Waals surface area contributed by atoms with Gasteiger partial charge in [-0.15, -0.1) is 0 Å². The normalized spacial score (nSPS) is 12.6. The number of nitrogens with one attached hydrogen (secondary N) is 1. The molecule has 90 valence electrons. The second kappa shape index (κ2) is 5.27. The van der Waals surface area contributed by atoms with Crippen LogP contribution in [0.4, 0.5) is 0 Å². The number of rotatable bonds is 4. The van der Waals surface area contributed by atoms with Crippen molar-refractivity contribution < 1.29 is 9.21 Å². The van der Waals surface area contributed by atoms with E-state index in [1.807, 2.05) is 43.5 Å². The standard InChI is InChI=1S/C13H15NO2S/c1-9(17-2)13(15)14-8-11-7-10-5-3-4-6-12(10)16-11/h3-7,9H,8H2,1-2H3,(H,14,15). The molecule has 0 aliphatic rings. The molecule has 17 heavy (non-hydrogen) atoms. The van der Waals surface area contributed by atoms with E-state index in [1.54, 1.807) is 0 Å². The Morgan fingerprint density at radius 2 is 2.24 bits per heavy atom. The number of para-hydroxylation sites is 1. The monoisotopic (exact) mass is 249 g/mol. The molecule has 1 heterocycles. The van der Waals surface area contributed by atoms with Crippen molar-refractivity contribution in [1.82, 2.24) is 5.32 Å². The highest BCUT2D eigenvalue weighted by Crippen LogP contribution is 2.18. The molecule has 0 spiro atoms. The summed E-state index contributed by atoms with van der Waals surface area (Å²) in [5, 5.41) is 3.89. The second-order valence-corrected chi connectivity index (χ2v) is 5.02. The smallest absolute Gasteiger partial charge is 0.233 e. The van der Waals surface area contributed by atoms with Crippen LogP contribution in [-0.2, 0) is 11.3 Å². The van der Waals surface area contributed by atoms with Gasteiger partial charge in [0, 0.05) is 5.39 Å². The highest BCUT2D eigenvalue weighted by molar-refractivity contribution is 7.99. The zero-order valence-electron chi connectivity index (χ0n) is 9.90. The Labute approximate surface area is 105 Å². The lowest BCUT2D eigenvalue weighted by Gasteiger charge is -2.07. The van der Waals surface area contributed by atoms with Crippen LogP contribution in [0.15, 0.2) is 34.7 Å². The largest absolute Gasteiger partial charge is 0.459 e. The molecule has 1 N–H and O–H groups in total. The number of hydrogen-bond donors (Lipinski definition) is 1. The Kier molecular flexibility index (Phi) is 3.74. The summed E-state index contributed by atoms with van der Waals surface area (Å²) in [5.74, 6) is 0.825.